The van der Waals surface area contributed by atoms with Crippen LogP contribution < -0.4 is 5.73 Å². The molecule has 2 aromatic rings. The van der Waals surface area contributed by atoms with Crippen molar-refractivity contribution in [2.75, 3.05) is 5.73 Å². The van der Waals surface area contributed by atoms with Crippen molar-refractivity contribution in [1.29, 1.82) is 0 Å². The number of nitrogen functional groups attached to an aromatic ring is 1. The Bertz CT molecular complexity index is 577. The predicted octanol–water partition coefficient (Wildman–Crippen LogP) is 3.35. The molecule has 0 spiro atoms. The van der Waals surface area contributed by atoms with Gasteiger partial charge in [0.05, 0.1) is 0 Å². The first kappa shape index (κ1) is 14.5. The molecule has 0 saturated carbocycles. The smallest absolute Gasteiger partial charge is 0.129 e. The zero-order chi connectivity index (χ0) is 14.9. The van der Waals surface area contributed by atoms with Crippen LogP contribution in [0.25, 0.3) is 0 Å². The molecule has 1 aromatic heterocycles. The quantitative estimate of drug-likeness (QED) is 0.879. The van der Waals surface area contributed by atoms with Crippen molar-refractivity contribution >= 4 is 5.82 Å². The van der Waals surface area contributed by atoms with E-state index < -0.39 is 6.10 Å². The first-order valence-corrected chi connectivity index (χ1v) is 6.80. The summed E-state index contributed by atoms with van der Waals surface area (Å²) in [6, 6.07) is 9.88. The second kappa shape index (κ2) is 5.25. The number of nitrogens with zero attached hydrogens (tertiary/aromatic N) is 1. The van der Waals surface area contributed by atoms with Crippen molar-refractivity contribution in [3.63, 3.8) is 0 Å². The molecule has 1 heterocycles. The normalized spacial score (nSPS) is 13.2. The number of aliphatic hydroxyl groups is 1. The molecule has 3 heteroatoms. The predicted molar refractivity (Wildman–Crippen MR) is 82.6 cm³/mol. The Labute approximate surface area is 120 Å². The summed E-state index contributed by atoms with van der Waals surface area (Å²) in [7, 11) is 0. The maximum absolute atomic E-state index is 10.5. The largest absolute Gasteiger partial charge is 0.384 e. The van der Waals surface area contributed by atoms with E-state index in [9.17, 15) is 5.11 Å². The van der Waals surface area contributed by atoms with E-state index in [0.29, 0.717) is 11.4 Å². The first-order valence-electron chi connectivity index (χ1n) is 6.80. The maximum Gasteiger partial charge on any atom is 0.129 e. The van der Waals surface area contributed by atoms with Crippen LogP contribution in [0.2, 0.25) is 0 Å². The number of pyridine rings is 1. The van der Waals surface area contributed by atoms with Gasteiger partial charge in [-0.15, -0.1) is 0 Å². The van der Waals surface area contributed by atoms with Crippen molar-refractivity contribution < 1.29 is 5.11 Å². The number of benzene rings is 1. The SMILES string of the molecule is Cc1ccnc(N)c1C(O)c1ccc(C(C)(C)C)cc1. The minimum Gasteiger partial charge on any atom is -0.384 e. The highest BCUT2D eigenvalue weighted by atomic mass is 16.3. The standard InChI is InChI=1S/C17H22N2O/c1-11-9-10-19-16(18)14(11)15(20)12-5-7-13(8-6-12)17(2,3)4/h5-10,15,20H,1-4H3,(H2,18,19). The molecule has 3 nitrogen and oxygen atoms in total. The molecule has 3 N–H and O–H groups in total. The average molecular weight is 270 g/mol. The van der Waals surface area contributed by atoms with Gasteiger partial charge in [-0.25, -0.2) is 4.98 Å². The lowest BCUT2D eigenvalue weighted by Gasteiger charge is -2.21. The topological polar surface area (TPSA) is 59.1 Å². The van der Waals surface area contributed by atoms with Gasteiger partial charge in [0.2, 0.25) is 0 Å². The maximum atomic E-state index is 10.5. The fourth-order valence-corrected chi connectivity index (χ4v) is 2.28. The van der Waals surface area contributed by atoms with Gasteiger partial charge in [0, 0.05) is 11.8 Å². The number of aliphatic hydroxyl groups excluding tert-OH is 1. The Morgan fingerprint density at radius 1 is 1.10 bits per heavy atom. The molecule has 106 valence electrons. The van der Waals surface area contributed by atoms with E-state index in [1.165, 1.54) is 5.56 Å². The van der Waals surface area contributed by atoms with Crippen molar-refractivity contribution in [2.24, 2.45) is 0 Å². The number of nitrogens with two attached hydrogens (primary N) is 1. The Balaban J connectivity index is 2.37. The number of hydrogen-bond acceptors (Lipinski definition) is 3. The summed E-state index contributed by atoms with van der Waals surface area (Å²) in [5.74, 6) is 0.386. The highest BCUT2D eigenvalue weighted by Crippen LogP contribution is 2.30. The summed E-state index contributed by atoms with van der Waals surface area (Å²) in [6.07, 6.45) is 0.918. The van der Waals surface area contributed by atoms with Crippen LogP contribution in [0, 0.1) is 6.92 Å². The van der Waals surface area contributed by atoms with Gasteiger partial charge in [-0.3, -0.25) is 0 Å². The highest BCUT2D eigenvalue weighted by molar-refractivity contribution is 5.49. The number of aromatic nitrogens is 1. The molecule has 0 radical (unpaired) electrons. The number of rotatable bonds is 2. The van der Waals surface area contributed by atoms with Crippen LogP contribution >= 0.6 is 0 Å². The fourth-order valence-electron chi connectivity index (χ4n) is 2.28. The summed E-state index contributed by atoms with van der Waals surface area (Å²) >= 11 is 0. The van der Waals surface area contributed by atoms with Crippen LogP contribution in [-0.4, -0.2) is 10.1 Å². The van der Waals surface area contributed by atoms with Crippen LogP contribution in [0.15, 0.2) is 36.5 Å². The molecule has 0 aliphatic rings. The summed E-state index contributed by atoms with van der Waals surface area (Å²) in [4.78, 5) is 4.06. The number of aryl methyl sites for hydroxylation is 1. The van der Waals surface area contributed by atoms with Gasteiger partial charge >= 0.3 is 0 Å². The Kier molecular flexibility index (Phi) is 3.82. The van der Waals surface area contributed by atoms with E-state index in [1.54, 1.807) is 6.20 Å². The van der Waals surface area contributed by atoms with Crippen molar-refractivity contribution in [3.05, 3.63) is 58.8 Å². The van der Waals surface area contributed by atoms with E-state index in [-0.39, 0.29) is 5.41 Å². The molecule has 0 fully saturated rings. The summed E-state index contributed by atoms with van der Waals surface area (Å²) in [5, 5.41) is 10.5. The minimum absolute atomic E-state index is 0.104. The fraction of sp³-hybridized carbons (Fsp3) is 0.353. The van der Waals surface area contributed by atoms with E-state index in [2.05, 4.69) is 37.9 Å². The Hall–Kier alpha value is -1.87. The second-order valence-corrected chi connectivity index (χ2v) is 6.20. The van der Waals surface area contributed by atoms with Crippen molar-refractivity contribution in [2.45, 2.75) is 39.2 Å². The van der Waals surface area contributed by atoms with Gasteiger partial charge in [0.15, 0.2) is 0 Å². The Morgan fingerprint density at radius 2 is 1.70 bits per heavy atom. The van der Waals surface area contributed by atoms with Crippen LogP contribution in [0.5, 0.6) is 0 Å². The number of hydrogen-bond donors (Lipinski definition) is 2. The number of anilines is 1. The lowest BCUT2D eigenvalue weighted by atomic mass is 9.86. The van der Waals surface area contributed by atoms with E-state index in [0.717, 1.165) is 11.1 Å². The molecule has 1 atom stereocenters. The lowest BCUT2D eigenvalue weighted by Crippen LogP contribution is -2.12. The van der Waals surface area contributed by atoms with Crippen LogP contribution in [0.1, 0.15) is 49.1 Å². The molecule has 20 heavy (non-hydrogen) atoms. The van der Waals surface area contributed by atoms with Crippen LogP contribution in [-0.2, 0) is 5.41 Å². The van der Waals surface area contributed by atoms with Gasteiger partial charge in [0.1, 0.15) is 11.9 Å². The summed E-state index contributed by atoms with van der Waals surface area (Å²) in [5.41, 5.74) is 9.71. The second-order valence-electron chi connectivity index (χ2n) is 6.20. The zero-order valence-electron chi connectivity index (χ0n) is 12.5. The lowest BCUT2D eigenvalue weighted by molar-refractivity contribution is 0.220. The Morgan fingerprint density at radius 3 is 2.20 bits per heavy atom. The molecular formula is C17H22N2O. The minimum atomic E-state index is -0.738. The third-order valence-electron chi connectivity index (χ3n) is 3.60. The highest BCUT2D eigenvalue weighted by Gasteiger charge is 2.18. The van der Waals surface area contributed by atoms with Gasteiger partial charge < -0.3 is 10.8 Å². The molecule has 0 bridgehead atoms. The van der Waals surface area contributed by atoms with Crippen molar-refractivity contribution in [3.8, 4) is 0 Å². The molecule has 0 aliphatic carbocycles. The molecule has 1 unspecified atom stereocenters. The first-order chi connectivity index (χ1) is 9.30. The van der Waals surface area contributed by atoms with Crippen molar-refractivity contribution in [1.82, 2.24) is 4.98 Å². The van der Waals surface area contributed by atoms with Gasteiger partial charge in [-0.1, -0.05) is 45.0 Å². The summed E-state index contributed by atoms with van der Waals surface area (Å²) < 4.78 is 0. The van der Waals surface area contributed by atoms with E-state index in [4.69, 9.17) is 5.73 Å². The zero-order valence-corrected chi connectivity index (χ0v) is 12.5. The molecular weight excluding hydrogens is 248 g/mol. The molecule has 0 aliphatic heterocycles. The average Bonchev–Trinajstić information content (AvgIpc) is 2.37. The van der Waals surface area contributed by atoms with Crippen LogP contribution in [0.3, 0.4) is 0 Å². The third-order valence-corrected chi connectivity index (χ3v) is 3.60. The molecule has 1 aromatic carbocycles. The van der Waals surface area contributed by atoms with Gasteiger partial charge in [-0.2, -0.15) is 0 Å². The molecule has 0 saturated heterocycles. The van der Waals surface area contributed by atoms with E-state index >= 15 is 0 Å². The third kappa shape index (κ3) is 2.83. The van der Waals surface area contributed by atoms with E-state index in [1.807, 2.05) is 25.1 Å². The summed E-state index contributed by atoms with van der Waals surface area (Å²) in [6.45, 7) is 8.44. The molecule has 2 rings (SSSR count). The monoisotopic (exact) mass is 270 g/mol. The van der Waals surface area contributed by atoms with Gasteiger partial charge in [-0.05, 0) is 35.1 Å². The molecule has 0 amide bonds. The van der Waals surface area contributed by atoms with Gasteiger partial charge in [0.25, 0.3) is 0 Å². The van der Waals surface area contributed by atoms with Crippen LogP contribution in [0.4, 0.5) is 5.82 Å².